The van der Waals surface area contributed by atoms with Crippen molar-refractivity contribution >= 4 is 5.91 Å². The lowest BCUT2D eigenvalue weighted by atomic mass is 10.0. The van der Waals surface area contributed by atoms with Gasteiger partial charge in [0.05, 0.1) is 36.4 Å². The first-order valence-corrected chi connectivity index (χ1v) is 9.13. The standard InChI is InChI=1S/C19H18F3N5O2/c1-18-6-11(18)5-13-15(17(29)25-12(9-28)7-19(20,21)22)26-27(16(13)18)14-4-10(8-23)2-3-24-14/h2-4,11-12,28H,5-7,9H2,1H3,(H,25,29)/t11-,12+,18+/m1/s1. The molecule has 0 aliphatic heterocycles. The highest BCUT2D eigenvalue weighted by molar-refractivity contribution is 5.95. The molecule has 2 aliphatic carbocycles. The number of amides is 1. The Balaban J connectivity index is 1.71. The topological polar surface area (TPSA) is 104 Å². The zero-order valence-electron chi connectivity index (χ0n) is 15.5. The highest BCUT2D eigenvalue weighted by Crippen LogP contribution is 2.62. The number of nitrogens with one attached hydrogen (secondary N) is 1. The molecular formula is C19H18F3N5O2. The van der Waals surface area contributed by atoms with Crippen molar-refractivity contribution in [2.75, 3.05) is 6.61 Å². The molecule has 2 aromatic heterocycles. The number of aromatic nitrogens is 3. The summed E-state index contributed by atoms with van der Waals surface area (Å²) in [5.41, 5.74) is 1.75. The Morgan fingerprint density at radius 2 is 2.31 bits per heavy atom. The SMILES string of the molecule is C[C@]12C[C@H]1Cc1c(C(=O)N[C@H](CO)CC(F)(F)F)nn(-c3cc(C#N)ccn3)c12. The molecule has 4 rings (SSSR count). The number of alkyl halides is 3. The van der Waals surface area contributed by atoms with Crippen LogP contribution in [0.5, 0.6) is 0 Å². The maximum absolute atomic E-state index is 12.7. The van der Waals surface area contributed by atoms with E-state index >= 15 is 0 Å². The first kappa shape index (κ1) is 19.4. The molecule has 29 heavy (non-hydrogen) atoms. The molecule has 1 fully saturated rings. The van der Waals surface area contributed by atoms with E-state index in [1.54, 1.807) is 12.1 Å². The maximum Gasteiger partial charge on any atom is 0.391 e. The number of pyridine rings is 1. The number of nitriles is 1. The average Bonchev–Trinajstić information content (AvgIpc) is 3.03. The lowest BCUT2D eigenvalue weighted by Gasteiger charge is -2.17. The number of halogens is 3. The largest absolute Gasteiger partial charge is 0.394 e. The molecule has 3 atom stereocenters. The quantitative estimate of drug-likeness (QED) is 0.792. The van der Waals surface area contributed by atoms with Crippen LogP contribution in [0.1, 0.15) is 47.1 Å². The van der Waals surface area contributed by atoms with Gasteiger partial charge >= 0.3 is 6.18 Å². The predicted octanol–water partition coefficient (Wildman–Crippen LogP) is 2.02. The summed E-state index contributed by atoms with van der Waals surface area (Å²) in [6.07, 6.45) is -2.84. The van der Waals surface area contributed by atoms with E-state index < -0.39 is 31.2 Å². The summed E-state index contributed by atoms with van der Waals surface area (Å²) in [6.45, 7) is 1.22. The van der Waals surface area contributed by atoms with E-state index in [0.29, 0.717) is 29.3 Å². The minimum Gasteiger partial charge on any atom is -0.394 e. The number of aliphatic hydroxyl groups is 1. The van der Waals surface area contributed by atoms with Gasteiger partial charge < -0.3 is 10.4 Å². The van der Waals surface area contributed by atoms with E-state index in [9.17, 15) is 23.1 Å². The molecule has 2 aliphatic rings. The fourth-order valence-corrected chi connectivity index (χ4v) is 4.16. The summed E-state index contributed by atoms with van der Waals surface area (Å²) < 4.78 is 39.5. The summed E-state index contributed by atoms with van der Waals surface area (Å²) in [5, 5.41) is 25.0. The van der Waals surface area contributed by atoms with E-state index in [-0.39, 0.29) is 11.1 Å². The van der Waals surface area contributed by atoms with Crippen LogP contribution in [0.4, 0.5) is 13.2 Å². The number of fused-ring (bicyclic) bond motifs is 3. The van der Waals surface area contributed by atoms with Gasteiger partial charge in [0.1, 0.15) is 0 Å². The van der Waals surface area contributed by atoms with Gasteiger partial charge in [-0.2, -0.15) is 23.5 Å². The molecule has 1 amide bonds. The van der Waals surface area contributed by atoms with Gasteiger partial charge in [-0.15, -0.1) is 0 Å². The Labute approximate surface area is 164 Å². The van der Waals surface area contributed by atoms with Gasteiger partial charge in [-0.3, -0.25) is 4.79 Å². The van der Waals surface area contributed by atoms with Crippen molar-refractivity contribution in [3.05, 3.63) is 40.8 Å². The van der Waals surface area contributed by atoms with Crippen LogP contribution >= 0.6 is 0 Å². The number of nitrogens with zero attached hydrogens (tertiary/aromatic N) is 4. The van der Waals surface area contributed by atoms with Crippen LogP contribution in [0.2, 0.25) is 0 Å². The molecule has 0 unspecified atom stereocenters. The Bertz CT molecular complexity index is 1030. The normalized spacial score (nSPS) is 23.1. The summed E-state index contributed by atoms with van der Waals surface area (Å²) in [5.74, 6) is -0.0389. The van der Waals surface area contributed by atoms with Crippen LogP contribution < -0.4 is 5.32 Å². The van der Waals surface area contributed by atoms with Crippen LogP contribution in [-0.2, 0) is 11.8 Å². The first-order valence-electron chi connectivity index (χ1n) is 9.13. The van der Waals surface area contributed by atoms with Crippen molar-refractivity contribution in [1.82, 2.24) is 20.1 Å². The van der Waals surface area contributed by atoms with Gasteiger partial charge in [0.25, 0.3) is 5.91 Å². The van der Waals surface area contributed by atoms with Crippen molar-refractivity contribution in [3.63, 3.8) is 0 Å². The molecule has 0 bridgehead atoms. The van der Waals surface area contributed by atoms with Crippen molar-refractivity contribution in [3.8, 4) is 11.9 Å². The third kappa shape index (κ3) is 3.35. The third-order valence-electron chi connectivity index (χ3n) is 5.73. The van der Waals surface area contributed by atoms with E-state index in [1.807, 2.05) is 6.07 Å². The summed E-state index contributed by atoms with van der Waals surface area (Å²) in [7, 11) is 0. The fraction of sp³-hybridized carbons (Fsp3) is 0.474. The summed E-state index contributed by atoms with van der Waals surface area (Å²) in [4.78, 5) is 17.0. The monoisotopic (exact) mass is 405 g/mol. The number of aliphatic hydroxyl groups excluding tert-OH is 1. The van der Waals surface area contributed by atoms with Crippen LogP contribution in [-0.4, -0.2) is 44.6 Å². The van der Waals surface area contributed by atoms with Gasteiger partial charge in [-0.05, 0) is 24.8 Å². The molecule has 2 N–H and O–H groups in total. The lowest BCUT2D eigenvalue weighted by molar-refractivity contribution is -0.141. The average molecular weight is 405 g/mol. The minimum absolute atomic E-state index is 0.0400. The van der Waals surface area contributed by atoms with Crippen molar-refractivity contribution in [1.29, 1.82) is 5.26 Å². The zero-order chi connectivity index (χ0) is 21.0. The Kier molecular flexibility index (Phi) is 4.38. The molecule has 0 radical (unpaired) electrons. The molecule has 2 aromatic rings. The second kappa shape index (κ2) is 6.56. The molecule has 0 saturated heterocycles. The van der Waals surface area contributed by atoms with Crippen molar-refractivity contribution in [2.24, 2.45) is 5.92 Å². The summed E-state index contributed by atoms with van der Waals surface area (Å²) in [6, 6.07) is 3.67. The second-order valence-electron chi connectivity index (χ2n) is 7.80. The molecule has 0 spiro atoms. The molecule has 10 heteroatoms. The maximum atomic E-state index is 12.7. The van der Waals surface area contributed by atoms with Crippen LogP contribution in [0.3, 0.4) is 0 Å². The van der Waals surface area contributed by atoms with Crippen LogP contribution in [0.25, 0.3) is 5.82 Å². The van der Waals surface area contributed by atoms with Gasteiger partial charge in [0.15, 0.2) is 11.5 Å². The highest BCUT2D eigenvalue weighted by Gasteiger charge is 2.60. The fourth-order valence-electron chi connectivity index (χ4n) is 4.16. The van der Waals surface area contributed by atoms with Gasteiger partial charge in [0, 0.05) is 23.2 Å². The van der Waals surface area contributed by atoms with E-state index in [2.05, 4.69) is 22.3 Å². The molecule has 1 saturated carbocycles. The first-order chi connectivity index (χ1) is 13.7. The van der Waals surface area contributed by atoms with Crippen molar-refractivity contribution < 1.29 is 23.1 Å². The molecule has 152 valence electrons. The Morgan fingerprint density at radius 1 is 1.55 bits per heavy atom. The van der Waals surface area contributed by atoms with Gasteiger partial charge in [0.2, 0.25) is 0 Å². The second-order valence-corrected chi connectivity index (χ2v) is 7.80. The minimum atomic E-state index is -4.52. The van der Waals surface area contributed by atoms with E-state index in [4.69, 9.17) is 5.26 Å². The summed E-state index contributed by atoms with van der Waals surface area (Å²) >= 11 is 0. The number of carbonyl (C=O) groups excluding carboxylic acids is 1. The van der Waals surface area contributed by atoms with E-state index in [0.717, 1.165) is 12.1 Å². The number of rotatable bonds is 5. The Morgan fingerprint density at radius 3 is 2.97 bits per heavy atom. The smallest absolute Gasteiger partial charge is 0.391 e. The number of hydrogen-bond acceptors (Lipinski definition) is 5. The third-order valence-corrected chi connectivity index (χ3v) is 5.73. The molecule has 0 aromatic carbocycles. The molecular weight excluding hydrogens is 387 g/mol. The Hall–Kier alpha value is -2.93. The van der Waals surface area contributed by atoms with Crippen LogP contribution in [0.15, 0.2) is 18.3 Å². The molecule has 7 nitrogen and oxygen atoms in total. The van der Waals surface area contributed by atoms with Gasteiger partial charge in [-0.1, -0.05) is 6.92 Å². The predicted molar refractivity (Wildman–Crippen MR) is 94.2 cm³/mol. The van der Waals surface area contributed by atoms with Crippen molar-refractivity contribution in [2.45, 2.75) is 43.8 Å². The van der Waals surface area contributed by atoms with Crippen LogP contribution in [0, 0.1) is 17.2 Å². The lowest BCUT2D eigenvalue weighted by Crippen LogP contribution is -2.41. The van der Waals surface area contributed by atoms with E-state index in [1.165, 1.54) is 10.9 Å². The zero-order valence-corrected chi connectivity index (χ0v) is 15.5. The number of carbonyl (C=O) groups is 1. The van der Waals surface area contributed by atoms with Gasteiger partial charge in [-0.25, -0.2) is 9.67 Å². The number of hydrogen-bond donors (Lipinski definition) is 2. The highest BCUT2D eigenvalue weighted by atomic mass is 19.4. The molecule has 2 heterocycles.